The van der Waals surface area contributed by atoms with Gasteiger partial charge in [0, 0.05) is 23.1 Å². The van der Waals surface area contributed by atoms with Crippen molar-refractivity contribution in [1.29, 1.82) is 0 Å². The Kier molecular flexibility index (Phi) is 7.04. The molecule has 1 atom stereocenters. The zero-order chi connectivity index (χ0) is 21.7. The van der Waals surface area contributed by atoms with E-state index in [0.29, 0.717) is 31.7 Å². The highest BCUT2D eigenvalue weighted by molar-refractivity contribution is 9.10. The van der Waals surface area contributed by atoms with Gasteiger partial charge in [-0.2, -0.15) is 0 Å². The van der Waals surface area contributed by atoms with Crippen molar-refractivity contribution in [2.75, 3.05) is 29.9 Å². The second-order valence-electron chi connectivity index (χ2n) is 6.90. The number of hydrogen-bond donors (Lipinski definition) is 2. The molecule has 2 aromatic rings. The van der Waals surface area contributed by atoms with E-state index in [-0.39, 0.29) is 34.9 Å². The number of aromatic carboxylic acids is 1. The maximum atomic E-state index is 12.4. The van der Waals surface area contributed by atoms with Crippen LogP contribution in [0.5, 0.6) is 0 Å². The Hall–Kier alpha value is -2.94. The van der Waals surface area contributed by atoms with Gasteiger partial charge in [0.1, 0.15) is 11.4 Å². The van der Waals surface area contributed by atoms with Gasteiger partial charge in [-0.15, -0.1) is 0 Å². The van der Waals surface area contributed by atoms with Crippen LogP contribution in [0.15, 0.2) is 41.0 Å². The zero-order valence-electron chi connectivity index (χ0n) is 16.4. The Morgan fingerprint density at radius 3 is 2.70 bits per heavy atom. The molecule has 1 aromatic carbocycles. The number of esters is 1. The topological polar surface area (TPSA) is 109 Å². The summed E-state index contributed by atoms with van der Waals surface area (Å²) in [7, 11) is 0. The summed E-state index contributed by atoms with van der Waals surface area (Å²) in [5.74, 6) is -1.85. The summed E-state index contributed by atoms with van der Waals surface area (Å²) in [5, 5.41) is 12.4. The fourth-order valence-corrected chi connectivity index (χ4v) is 3.63. The van der Waals surface area contributed by atoms with E-state index >= 15 is 0 Å². The number of rotatable bonds is 6. The van der Waals surface area contributed by atoms with Gasteiger partial charge in [-0.25, -0.2) is 9.78 Å². The van der Waals surface area contributed by atoms with Crippen LogP contribution < -0.4 is 10.2 Å². The lowest BCUT2D eigenvalue weighted by atomic mass is 9.98. The van der Waals surface area contributed by atoms with Crippen LogP contribution in [0.25, 0.3) is 0 Å². The monoisotopic (exact) mass is 475 g/mol. The van der Waals surface area contributed by atoms with E-state index < -0.39 is 5.97 Å². The molecule has 1 aliphatic heterocycles. The van der Waals surface area contributed by atoms with E-state index in [2.05, 4.69) is 26.2 Å². The first kappa shape index (κ1) is 21.8. The minimum absolute atomic E-state index is 0.0342. The largest absolute Gasteiger partial charge is 0.478 e. The number of carboxylic acids is 1. The summed E-state index contributed by atoms with van der Waals surface area (Å²) in [5.41, 5.74) is 0.684. The van der Waals surface area contributed by atoms with E-state index in [9.17, 15) is 19.5 Å². The maximum absolute atomic E-state index is 12.4. The highest BCUT2D eigenvalue weighted by Crippen LogP contribution is 2.27. The van der Waals surface area contributed by atoms with E-state index in [4.69, 9.17) is 4.74 Å². The van der Waals surface area contributed by atoms with Gasteiger partial charge in [-0.05, 0) is 50.1 Å². The molecule has 0 unspecified atom stereocenters. The number of anilines is 2. The van der Waals surface area contributed by atoms with Crippen LogP contribution in [0, 0.1) is 5.92 Å². The molecule has 1 fully saturated rings. The number of carbonyl (C=O) groups excluding carboxylic acids is 2. The van der Waals surface area contributed by atoms with Crippen molar-refractivity contribution in [3.63, 3.8) is 0 Å². The Bertz CT molecular complexity index is 948. The van der Waals surface area contributed by atoms with E-state index in [0.717, 1.165) is 10.9 Å². The molecular formula is C21H22BrN3O5. The predicted octanol–water partition coefficient (Wildman–Crippen LogP) is 3.57. The number of halogens is 1. The van der Waals surface area contributed by atoms with Crippen molar-refractivity contribution in [2.45, 2.75) is 19.8 Å². The van der Waals surface area contributed by atoms with Gasteiger partial charge in [0.15, 0.2) is 0 Å². The first-order valence-corrected chi connectivity index (χ1v) is 10.4. The van der Waals surface area contributed by atoms with Crippen LogP contribution in [0.2, 0.25) is 0 Å². The van der Waals surface area contributed by atoms with Crippen LogP contribution in [-0.2, 0) is 9.53 Å². The normalized spacial score (nSPS) is 16.1. The van der Waals surface area contributed by atoms with Gasteiger partial charge in [-0.3, -0.25) is 9.59 Å². The molecule has 2 heterocycles. The van der Waals surface area contributed by atoms with Crippen molar-refractivity contribution in [3.05, 3.63) is 52.1 Å². The van der Waals surface area contributed by atoms with Gasteiger partial charge in [0.2, 0.25) is 0 Å². The molecule has 0 radical (unpaired) electrons. The molecule has 0 aliphatic carbocycles. The lowest BCUT2D eigenvalue weighted by Gasteiger charge is -2.33. The minimum atomic E-state index is -1.16. The predicted molar refractivity (Wildman–Crippen MR) is 115 cm³/mol. The summed E-state index contributed by atoms with van der Waals surface area (Å²) in [4.78, 5) is 42.4. The second kappa shape index (κ2) is 9.71. The third kappa shape index (κ3) is 5.15. The number of amides is 1. The number of ether oxygens (including phenoxy) is 1. The second-order valence-corrected chi connectivity index (χ2v) is 7.81. The highest BCUT2D eigenvalue weighted by atomic mass is 79.9. The van der Waals surface area contributed by atoms with Gasteiger partial charge < -0.3 is 20.1 Å². The average Bonchev–Trinajstić information content (AvgIpc) is 2.74. The van der Waals surface area contributed by atoms with Gasteiger partial charge in [0.05, 0.1) is 24.4 Å². The van der Waals surface area contributed by atoms with E-state index in [1.807, 2.05) is 0 Å². The number of benzene rings is 1. The number of carbonyl (C=O) groups is 3. The molecule has 9 heteroatoms. The molecule has 0 spiro atoms. The smallest absolute Gasteiger partial charge is 0.339 e. The van der Waals surface area contributed by atoms with E-state index in [1.165, 1.54) is 12.3 Å². The van der Waals surface area contributed by atoms with Gasteiger partial charge in [0.25, 0.3) is 5.91 Å². The van der Waals surface area contributed by atoms with Crippen molar-refractivity contribution in [3.8, 4) is 0 Å². The van der Waals surface area contributed by atoms with Crippen molar-refractivity contribution in [1.82, 2.24) is 4.98 Å². The summed E-state index contributed by atoms with van der Waals surface area (Å²) in [6, 6.07) is 8.19. The molecule has 3 rings (SSSR count). The van der Waals surface area contributed by atoms with Crippen LogP contribution in [0.3, 0.4) is 0 Å². The lowest BCUT2D eigenvalue weighted by molar-refractivity contribution is -0.148. The molecule has 1 aromatic heterocycles. The average molecular weight is 476 g/mol. The van der Waals surface area contributed by atoms with E-state index in [1.54, 1.807) is 36.1 Å². The molecule has 30 heavy (non-hydrogen) atoms. The first-order valence-electron chi connectivity index (χ1n) is 9.61. The number of nitrogens with zero attached hydrogens (tertiary/aromatic N) is 2. The number of nitrogens with one attached hydrogen (secondary N) is 1. The van der Waals surface area contributed by atoms with Crippen LogP contribution in [0.1, 0.15) is 40.5 Å². The van der Waals surface area contributed by atoms with Crippen molar-refractivity contribution < 1.29 is 24.2 Å². The summed E-state index contributed by atoms with van der Waals surface area (Å²) >= 11 is 3.31. The quantitative estimate of drug-likeness (QED) is 0.614. The fraction of sp³-hybridized carbons (Fsp3) is 0.333. The maximum Gasteiger partial charge on any atom is 0.339 e. The van der Waals surface area contributed by atoms with Gasteiger partial charge in [-0.1, -0.05) is 15.9 Å². The lowest BCUT2D eigenvalue weighted by Crippen LogP contribution is -2.40. The molecule has 1 amide bonds. The Morgan fingerprint density at radius 1 is 1.30 bits per heavy atom. The highest BCUT2D eigenvalue weighted by Gasteiger charge is 2.29. The summed E-state index contributed by atoms with van der Waals surface area (Å²) in [6.07, 6.45) is 2.85. The molecule has 1 aliphatic rings. The van der Waals surface area contributed by atoms with Gasteiger partial charge >= 0.3 is 11.9 Å². The summed E-state index contributed by atoms with van der Waals surface area (Å²) < 4.78 is 5.95. The Labute approximate surface area is 182 Å². The molecule has 8 nitrogen and oxygen atoms in total. The number of pyridine rings is 1. The summed E-state index contributed by atoms with van der Waals surface area (Å²) in [6.45, 7) is 3.00. The molecule has 0 bridgehead atoms. The fourth-order valence-electron chi connectivity index (χ4n) is 3.36. The molecular weight excluding hydrogens is 454 g/mol. The third-order valence-corrected chi connectivity index (χ3v) is 5.33. The number of aromatic nitrogens is 1. The first-order chi connectivity index (χ1) is 14.4. The Morgan fingerprint density at radius 2 is 2.03 bits per heavy atom. The molecule has 1 saturated heterocycles. The third-order valence-electron chi connectivity index (χ3n) is 4.80. The standard InChI is InChI=1S/C21H22BrN3O5/c1-2-30-21(29)14-4-3-9-25(12-14)18-17(20(27)28)10-16(11-23-18)24-19(26)13-5-7-15(22)8-6-13/h5-8,10-11,14H,2-4,9,12H2,1H3,(H,24,26)(H,27,28)/t14-/m1/s1. The van der Waals surface area contributed by atoms with Crippen LogP contribution >= 0.6 is 15.9 Å². The molecule has 2 N–H and O–H groups in total. The van der Waals surface area contributed by atoms with Crippen LogP contribution in [0.4, 0.5) is 11.5 Å². The van der Waals surface area contributed by atoms with Crippen molar-refractivity contribution in [2.24, 2.45) is 5.92 Å². The molecule has 158 valence electrons. The minimum Gasteiger partial charge on any atom is -0.478 e. The molecule has 0 saturated carbocycles. The zero-order valence-corrected chi connectivity index (χ0v) is 18.0. The van der Waals surface area contributed by atoms with Crippen LogP contribution in [-0.4, -0.2) is 47.6 Å². The number of hydrogen-bond acceptors (Lipinski definition) is 6. The Balaban J connectivity index is 1.79. The SMILES string of the molecule is CCOC(=O)[C@@H]1CCCN(c2ncc(NC(=O)c3ccc(Br)cc3)cc2C(=O)O)C1. The van der Waals surface area contributed by atoms with Crippen molar-refractivity contribution >= 4 is 45.3 Å². The number of carboxylic acid groups (broad SMARTS) is 1. The number of piperidine rings is 1.